The van der Waals surface area contributed by atoms with E-state index < -0.39 is 5.97 Å². The van der Waals surface area contributed by atoms with E-state index in [-0.39, 0.29) is 5.56 Å². The molecule has 21 heavy (non-hydrogen) atoms. The number of likely N-dealkylation sites (tertiary alicyclic amines) is 1. The lowest BCUT2D eigenvalue weighted by atomic mass is 10.1. The van der Waals surface area contributed by atoms with Crippen LogP contribution in [0.2, 0.25) is 0 Å². The number of para-hydroxylation sites is 1. The molecule has 1 fully saturated rings. The van der Waals surface area contributed by atoms with E-state index in [2.05, 4.69) is 11.8 Å². The van der Waals surface area contributed by atoms with Crippen molar-refractivity contribution in [3.05, 3.63) is 29.8 Å². The molecule has 1 heterocycles. The largest absolute Gasteiger partial charge is 0.492 e. The standard InChI is InChI=1S/C17H25NO3/c1-14(12-18-10-6-2-3-7-11-18)13-21-16-9-5-4-8-15(16)17(19)20/h4-5,8-9,14H,2-3,6-7,10-13H2,1H3,(H,19,20). The molecule has 1 atom stereocenters. The molecule has 0 radical (unpaired) electrons. The Morgan fingerprint density at radius 2 is 1.90 bits per heavy atom. The van der Waals surface area contributed by atoms with E-state index in [0.717, 1.165) is 6.54 Å². The molecule has 0 amide bonds. The number of nitrogens with zero attached hydrogens (tertiary/aromatic N) is 1. The Hall–Kier alpha value is -1.55. The molecule has 0 aliphatic carbocycles. The topological polar surface area (TPSA) is 49.8 Å². The Morgan fingerprint density at radius 3 is 2.57 bits per heavy atom. The van der Waals surface area contributed by atoms with Crippen molar-refractivity contribution >= 4 is 5.97 Å². The second kappa shape index (κ2) is 8.03. The van der Waals surface area contributed by atoms with Gasteiger partial charge in [0.05, 0.1) is 6.61 Å². The van der Waals surface area contributed by atoms with Gasteiger partial charge in [0.1, 0.15) is 11.3 Å². The molecule has 1 saturated heterocycles. The maximum atomic E-state index is 11.1. The molecule has 116 valence electrons. The van der Waals surface area contributed by atoms with Crippen LogP contribution < -0.4 is 4.74 Å². The summed E-state index contributed by atoms with van der Waals surface area (Å²) < 4.78 is 5.73. The van der Waals surface area contributed by atoms with E-state index in [9.17, 15) is 4.79 Å². The zero-order valence-corrected chi connectivity index (χ0v) is 12.8. The molecule has 1 N–H and O–H groups in total. The summed E-state index contributed by atoms with van der Waals surface area (Å²) in [4.78, 5) is 13.6. The summed E-state index contributed by atoms with van der Waals surface area (Å²) in [5, 5.41) is 9.13. The smallest absolute Gasteiger partial charge is 0.339 e. The van der Waals surface area contributed by atoms with Gasteiger partial charge in [-0.3, -0.25) is 0 Å². The Bertz CT molecular complexity index is 453. The lowest BCUT2D eigenvalue weighted by Crippen LogP contribution is -2.31. The van der Waals surface area contributed by atoms with Gasteiger partial charge >= 0.3 is 5.97 Å². The highest BCUT2D eigenvalue weighted by atomic mass is 16.5. The Morgan fingerprint density at radius 1 is 1.24 bits per heavy atom. The minimum atomic E-state index is -0.939. The van der Waals surface area contributed by atoms with E-state index in [1.807, 2.05) is 0 Å². The van der Waals surface area contributed by atoms with E-state index in [1.54, 1.807) is 24.3 Å². The highest BCUT2D eigenvalue weighted by Crippen LogP contribution is 2.19. The summed E-state index contributed by atoms with van der Waals surface area (Å²) in [6.45, 7) is 6.09. The van der Waals surface area contributed by atoms with Crippen LogP contribution in [-0.4, -0.2) is 42.2 Å². The van der Waals surface area contributed by atoms with E-state index in [0.29, 0.717) is 18.3 Å². The molecule has 1 unspecified atom stereocenters. The zero-order valence-electron chi connectivity index (χ0n) is 12.8. The first-order valence-electron chi connectivity index (χ1n) is 7.84. The summed E-state index contributed by atoms with van der Waals surface area (Å²) in [7, 11) is 0. The normalized spacial score (nSPS) is 18.0. The van der Waals surface area contributed by atoms with Crippen LogP contribution in [0, 0.1) is 5.92 Å². The lowest BCUT2D eigenvalue weighted by molar-refractivity contribution is 0.0691. The number of aromatic carboxylic acids is 1. The Labute approximate surface area is 126 Å². The van der Waals surface area contributed by atoms with Crippen molar-refractivity contribution in [2.75, 3.05) is 26.2 Å². The number of hydrogen-bond acceptors (Lipinski definition) is 3. The lowest BCUT2D eigenvalue weighted by Gasteiger charge is -2.24. The minimum absolute atomic E-state index is 0.236. The number of ether oxygens (including phenoxy) is 1. The first-order valence-corrected chi connectivity index (χ1v) is 7.84. The molecule has 0 spiro atoms. The fraction of sp³-hybridized carbons (Fsp3) is 0.588. The number of carboxylic acid groups (broad SMARTS) is 1. The van der Waals surface area contributed by atoms with Gasteiger partial charge in [0.15, 0.2) is 0 Å². The summed E-state index contributed by atoms with van der Waals surface area (Å²) in [6, 6.07) is 6.83. The van der Waals surface area contributed by atoms with E-state index in [4.69, 9.17) is 9.84 Å². The second-order valence-corrected chi connectivity index (χ2v) is 5.93. The van der Waals surface area contributed by atoms with Gasteiger partial charge in [-0.2, -0.15) is 0 Å². The maximum absolute atomic E-state index is 11.1. The number of carbonyl (C=O) groups is 1. The molecule has 0 saturated carbocycles. The number of benzene rings is 1. The van der Waals surface area contributed by atoms with E-state index in [1.165, 1.54) is 38.8 Å². The van der Waals surface area contributed by atoms with E-state index >= 15 is 0 Å². The minimum Gasteiger partial charge on any atom is -0.492 e. The maximum Gasteiger partial charge on any atom is 0.339 e. The van der Waals surface area contributed by atoms with Crippen molar-refractivity contribution in [2.45, 2.75) is 32.6 Å². The van der Waals surface area contributed by atoms with Crippen molar-refractivity contribution in [2.24, 2.45) is 5.92 Å². The van der Waals surface area contributed by atoms with Crippen LogP contribution >= 0.6 is 0 Å². The molecular weight excluding hydrogens is 266 g/mol. The zero-order chi connectivity index (χ0) is 15.1. The molecule has 1 aliphatic rings. The third-order valence-electron chi connectivity index (χ3n) is 3.91. The van der Waals surface area contributed by atoms with Gasteiger partial charge in [-0.05, 0) is 38.1 Å². The van der Waals surface area contributed by atoms with Crippen molar-refractivity contribution in [1.29, 1.82) is 0 Å². The summed E-state index contributed by atoms with van der Waals surface area (Å²) in [6.07, 6.45) is 5.26. The molecule has 0 bridgehead atoms. The molecule has 0 aromatic heterocycles. The quantitative estimate of drug-likeness (QED) is 0.874. The van der Waals surface area contributed by atoms with Crippen LogP contribution in [0.4, 0.5) is 0 Å². The Balaban J connectivity index is 1.83. The van der Waals surface area contributed by atoms with Gasteiger partial charge in [-0.15, -0.1) is 0 Å². The Kier molecular flexibility index (Phi) is 6.05. The SMILES string of the molecule is CC(COc1ccccc1C(=O)O)CN1CCCCCC1. The highest BCUT2D eigenvalue weighted by Gasteiger charge is 2.15. The van der Waals surface area contributed by atoms with Crippen LogP contribution in [0.25, 0.3) is 0 Å². The predicted octanol–water partition coefficient (Wildman–Crippen LogP) is 3.28. The van der Waals surface area contributed by atoms with Crippen molar-refractivity contribution < 1.29 is 14.6 Å². The average molecular weight is 291 g/mol. The monoisotopic (exact) mass is 291 g/mol. The molecular formula is C17H25NO3. The van der Waals surface area contributed by atoms with Crippen LogP contribution in [0.15, 0.2) is 24.3 Å². The van der Waals surface area contributed by atoms with Crippen molar-refractivity contribution in [3.8, 4) is 5.75 Å². The van der Waals surface area contributed by atoms with Gasteiger partial charge in [-0.25, -0.2) is 4.79 Å². The van der Waals surface area contributed by atoms with Gasteiger partial charge in [-0.1, -0.05) is 31.9 Å². The fourth-order valence-corrected chi connectivity index (χ4v) is 2.81. The van der Waals surface area contributed by atoms with Crippen molar-refractivity contribution in [3.63, 3.8) is 0 Å². The highest BCUT2D eigenvalue weighted by molar-refractivity contribution is 5.90. The van der Waals surface area contributed by atoms with Crippen LogP contribution in [0.5, 0.6) is 5.75 Å². The number of rotatable bonds is 6. The summed E-state index contributed by atoms with van der Waals surface area (Å²) in [5.41, 5.74) is 0.236. The molecule has 1 aromatic rings. The van der Waals surface area contributed by atoms with Crippen LogP contribution in [0.1, 0.15) is 43.0 Å². The molecule has 4 nitrogen and oxygen atoms in total. The molecule has 2 rings (SSSR count). The molecule has 1 aromatic carbocycles. The van der Waals surface area contributed by atoms with Crippen LogP contribution in [0.3, 0.4) is 0 Å². The van der Waals surface area contributed by atoms with Gasteiger partial charge in [0.2, 0.25) is 0 Å². The summed E-state index contributed by atoms with van der Waals surface area (Å²) >= 11 is 0. The molecule has 1 aliphatic heterocycles. The second-order valence-electron chi connectivity index (χ2n) is 5.93. The fourth-order valence-electron chi connectivity index (χ4n) is 2.81. The van der Waals surface area contributed by atoms with Gasteiger partial charge in [0.25, 0.3) is 0 Å². The summed E-state index contributed by atoms with van der Waals surface area (Å²) in [5.74, 6) is -0.0801. The van der Waals surface area contributed by atoms with Crippen LogP contribution in [-0.2, 0) is 0 Å². The molecule has 4 heteroatoms. The third kappa shape index (κ3) is 5.05. The average Bonchev–Trinajstić information content (AvgIpc) is 2.74. The first kappa shape index (κ1) is 15.8. The number of hydrogen-bond donors (Lipinski definition) is 1. The van der Waals surface area contributed by atoms with Gasteiger partial charge < -0.3 is 14.7 Å². The predicted molar refractivity (Wildman–Crippen MR) is 83.0 cm³/mol. The van der Waals surface area contributed by atoms with Crippen molar-refractivity contribution in [1.82, 2.24) is 4.90 Å². The first-order chi connectivity index (χ1) is 10.2. The van der Waals surface area contributed by atoms with Gasteiger partial charge in [0, 0.05) is 12.5 Å². The number of carboxylic acids is 1. The third-order valence-corrected chi connectivity index (χ3v) is 3.91.